The SMILES string of the molecule is Cc1cc(C(F)(F)F)n(CC(=O)Nc2ncn(Cc3ccccc3Cl)n2)n1. The normalized spacial score (nSPS) is 11.6. The highest BCUT2D eigenvalue weighted by atomic mass is 35.5. The number of halogens is 4. The van der Waals surface area contributed by atoms with Crippen LogP contribution in [0.2, 0.25) is 5.02 Å². The van der Waals surface area contributed by atoms with Crippen LogP contribution in [0.3, 0.4) is 0 Å². The number of alkyl halides is 3. The van der Waals surface area contributed by atoms with E-state index in [4.69, 9.17) is 11.6 Å². The molecule has 142 valence electrons. The molecule has 0 bridgehead atoms. The summed E-state index contributed by atoms with van der Waals surface area (Å²) in [5.41, 5.74) is -0.0200. The first kappa shape index (κ1) is 18.9. The predicted octanol–water partition coefficient (Wildman–Crippen LogP) is 3.14. The zero-order chi connectivity index (χ0) is 19.6. The van der Waals surface area contributed by atoms with Gasteiger partial charge in [-0.1, -0.05) is 29.8 Å². The second-order valence-corrected chi connectivity index (χ2v) is 6.14. The van der Waals surface area contributed by atoms with E-state index in [1.54, 1.807) is 12.1 Å². The van der Waals surface area contributed by atoms with Gasteiger partial charge in [-0.25, -0.2) is 9.67 Å². The van der Waals surface area contributed by atoms with Crippen LogP contribution >= 0.6 is 11.6 Å². The fraction of sp³-hybridized carbons (Fsp3) is 0.250. The number of carbonyl (C=O) groups is 1. The highest BCUT2D eigenvalue weighted by Crippen LogP contribution is 2.29. The van der Waals surface area contributed by atoms with Gasteiger partial charge in [-0.2, -0.15) is 18.3 Å². The molecule has 2 heterocycles. The van der Waals surface area contributed by atoms with E-state index >= 15 is 0 Å². The van der Waals surface area contributed by atoms with Gasteiger partial charge in [-0.05, 0) is 24.6 Å². The predicted molar refractivity (Wildman–Crippen MR) is 91.2 cm³/mol. The van der Waals surface area contributed by atoms with Crippen molar-refractivity contribution in [2.45, 2.75) is 26.2 Å². The Morgan fingerprint density at radius 1 is 1.26 bits per heavy atom. The third kappa shape index (κ3) is 4.64. The lowest BCUT2D eigenvalue weighted by atomic mass is 10.2. The van der Waals surface area contributed by atoms with Gasteiger partial charge in [0, 0.05) is 5.02 Å². The number of nitrogens with zero attached hydrogens (tertiary/aromatic N) is 5. The molecule has 0 saturated heterocycles. The molecule has 0 aliphatic heterocycles. The van der Waals surface area contributed by atoms with E-state index in [0.717, 1.165) is 11.6 Å². The number of hydrogen-bond donors (Lipinski definition) is 1. The first-order valence-corrected chi connectivity index (χ1v) is 8.14. The maximum absolute atomic E-state index is 13.0. The molecule has 0 aliphatic rings. The third-order valence-corrected chi connectivity index (χ3v) is 3.93. The van der Waals surface area contributed by atoms with E-state index in [0.29, 0.717) is 16.2 Å². The molecule has 0 aliphatic carbocycles. The van der Waals surface area contributed by atoms with Crippen LogP contribution in [0, 0.1) is 6.92 Å². The van der Waals surface area contributed by atoms with Crippen LogP contribution in [0.25, 0.3) is 0 Å². The molecule has 3 aromatic rings. The van der Waals surface area contributed by atoms with Crippen LogP contribution in [-0.2, 0) is 24.1 Å². The smallest absolute Gasteiger partial charge is 0.292 e. The van der Waals surface area contributed by atoms with Gasteiger partial charge < -0.3 is 0 Å². The molecule has 1 aromatic carbocycles. The molecule has 7 nitrogen and oxygen atoms in total. The summed E-state index contributed by atoms with van der Waals surface area (Å²) in [6, 6.07) is 8.06. The number of benzene rings is 1. The zero-order valence-electron chi connectivity index (χ0n) is 14.0. The Hall–Kier alpha value is -2.88. The minimum Gasteiger partial charge on any atom is -0.292 e. The standard InChI is InChI=1S/C16H14ClF3N6O/c1-10-6-13(16(18,19)20)26(23-10)8-14(27)22-15-21-9-25(24-15)7-11-4-2-3-5-12(11)17/h2-6,9H,7-8H2,1H3,(H,22,24,27). The van der Waals surface area contributed by atoms with Crippen LogP contribution in [0.5, 0.6) is 0 Å². The monoisotopic (exact) mass is 398 g/mol. The van der Waals surface area contributed by atoms with Gasteiger partial charge in [0.1, 0.15) is 18.6 Å². The summed E-state index contributed by atoms with van der Waals surface area (Å²) in [6.07, 6.45) is -3.21. The Balaban J connectivity index is 1.66. The third-order valence-electron chi connectivity index (χ3n) is 3.56. The van der Waals surface area contributed by atoms with Crippen molar-refractivity contribution in [3.05, 3.63) is 58.6 Å². The van der Waals surface area contributed by atoms with Crippen LogP contribution < -0.4 is 5.32 Å². The molecule has 0 atom stereocenters. The van der Waals surface area contributed by atoms with Gasteiger partial charge in [0.2, 0.25) is 11.9 Å². The summed E-state index contributed by atoms with van der Waals surface area (Å²) in [5, 5.41) is 10.7. The Kier molecular flexibility index (Phi) is 5.17. The largest absolute Gasteiger partial charge is 0.433 e. The average molecular weight is 399 g/mol. The molecule has 2 aromatic heterocycles. The van der Waals surface area contributed by atoms with E-state index in [9.17, 15) is 18.0 Å². The number of nitrogens with one attached hydrogen (secondary N) is 1. The molecule has 3 rings (SSSR count). The molecule has 0 unspecified atom stereocenters. The lowest BCUT2D eigenvalue weighted by molar-refractivity contribution is -0.144. The number of anilines is 1. The topological polar surface area (TPSA) is 77.6 Å². The van der Waals surface area contributed by atoms with Crippen molar-refractivity contribution < 1.29 is 18.0 Å². The van der Waals surface area contributed by atoms with Crippen LogP contribution in [0.1, 0.15) is 17.0 Å². The quantitative estimate of drug-likeness (QED) is 0.716. The van der Waals surface area contributed by atoms with Crippen molar-refractivity contribution in [3.63, 3.8) is 0 Å². The van der Waals surface area contributed by atoms with Crippen LogP contribution in [-0.4, -0.2) is 30.5 Å². The summed E-state index contributed by atoms with van der Waals surface area (Å²) in [6.45, 7) is 1.14. The van der Waals surface area contributed by atoms with Crippen molar-refractivity contribution in [3.8, 4) is 0 Å². The van der Waals surface area contributed by atoms with Crippen molar-refractivity contribution in [2.24, 2.45) is 0 Å². The Morgan fingerprint density at radius 3 is 2.70 bits per heavy atom. The van der Waals surface area contributed by atoms with Crippen molar-refractivity contribution in [1.82, 2.24) is 24.5 Å². The molecule has 0 fully saturated rings. The lowest BCUT2D eigenvalue weighted by Crippen LogP contribution is -2.24. The minimum absolute atomic E-state index is 0.0236. The molecule has 0 radical (unpaired) electrons. The second kappa shape index (κ2) is 7.39. The molecule has 1 N–H and O–H groups in total. The number of aryl methyl sites for hydroxylation is 1. The first-order chi connectivity index (χ1) is 12.7. The van der Waals surface area contributed by atoms with Crippen molar-refractivity contribution in [1.29, 1.82) is 0 Å². The zero-order valence-corrected chi connectivity index (χ0v) is 14.8. The Labute approximate surface area is 156 Å². The highest BCUT2D eigenvalue weighted by Gasteiger charge is 2.35. The second-order valence-electron chi connectivity index (χ2n) is 5.73. The van der Waals surface area contributed by atoms with Crippen molar-refractivity contribution >= 4 is 23.5 Å². The van der Waals surface area contributed by atoms with Gasteiger partial charge in [-0.3, -0.25) is 14.8 Å². The molecule has 0 saturated carbocycles. The number of carbonyl (C=O) groups excluding carboxylic acids is 1. The number of aromatic nitrogens is 5. The number of rotatable bonds is 5. The van der Waals surface area contributed by atoms with Gasteiger partial charge in [0.15, 0.2) is 0 Å². The maximum Gasteiger partial charge on any atom is 0.433 e. The van der Waals surface area contributed by atoms with Gasteiger partial charge in [-0.15, -0.1) is 5.10 Å². The molecule has 11 heteroatoms. The fourth-order valence-corrected chi connectivity index (χ4v) is 2.62. The van der Waals surface area contributed by atoms with E-state index in [1.165, 1.54) is 17.9 Å². The fourth-order valence-electron chi connectivity index (χ4n) is 2.42. The van der Waals surface area contributed by atoms with E-state index in [1.807, 2.05) is 12.1 Å². The van der Waals surface area contributed by atoms with Crippen LogP contribution in [0.4, 0.5) is 19.1 Å². The maximum atomic E-state index is 13.0. The summed E-state index contributed by atoms with van der Waals surface area (Å²) >= 11 is 6.08. The summed E-state index contributed by atoms with van der Waals surface area (Å²) < 4.78 is 40.9. The lowest BCUT2D eigenvalue weighted by Gasteiger charge is -2.09. The summed E-state index contributed by atoms with van der Waals surface area (Å²) in [4.78, 5) is 16.0. The minimum atomic E-state index is -4.60. The Bertz CT molecular complexity index is 965. The van der Waals surface area contributed by atoms with Gasteiger partial charge in [0.05, 0.1) is 12.2 Å². The summed E-state index contributed by atoms with van der Waals surface area (Å²) in [5.74, 6) is -0.747. The van der Waals surface area contributed by atoms with Crippen molar-refractivity contribution in [2.75, 3.05) is 5.32 Å². The molecular formula is C16H14ClF3N6O. The number of hydrogen-bond acceptors (Lipinski definition) is 4. The van der Waals surface area contributed by atoms with Crippen LogP contribution in [0.15, 0.2) is 36.7 Å². The molecular weight excluding hydrogens is 385 g/mol. The summed E-state index contributed by atoms with van der Waals surface area (Å²) in [7, 11) is 0. The van der Waals surface area contributed by atoms with Gasteiger partial charge >= 0.3 is 6.18 Å². The van der Waals surface area contributed by atoms with Gasteiger partial charge in [0.25, 0.3) is 0 Å². The molecule has 27 heavy (non-hydrogen) atoms. The molecule has 0 spiro atoms. The molecule has 1 amide bonds. The first-order valence-electron chi connectivity index (χ1n) is 7.77. The number of amides is 1. The average Bonchev–Trinajstić information content (AvgIpc) is 3.15. The van der Waals surface area contributed by atoms with E-state index < -0.39 is 24.3 Å². The highest BCUT2D eigenvalue weighted by molar-refractivity contribution is 6.31. The van der Waals surface area contributed by atoms with E-state index in [2.05, 4.69) is 20.5 Å². The van der Waals surface area contributed by atoms with E-state index in [-0.39, 0.29) is 11.6 Å². The Morgan fingerprint density at radius 2 is 2.00 bits per heavy atom.